The summed E-state index contributed by atoms with van der Waals surface area (Å²) < 4.78 is 21.0. The van der Waals surface area contributed by atoms with E-state index >= 15 is 0 Å². The number of hydrogen-bond acceptors (Lipinski definition) is 6. The third-order valence-corrected chi connectivity index (χ3v) is 3.42. The highest BCUT2D eigenvalue weighted by atomic mass is 16.6. The topological polar surface area (TPSA) is 75.0 Å². The van der Waals surface area contributed by atoms with E-state index in [-0.39, 0.29) is 18.1 Å². The Bertz CT molecular complexity index is 801. The molecule has 2 aromatic rings. The fourth-order valence-corrected chi connectivity index (χ4v) is 2.41. The second kappa shape index (κ2) is 6.62. The average molecular weight is 328 g/mol. The molecule has 1 aromatic carbocycles. The van der Waals surface area contributed by atoms with E-state index in [1.54, 1.807) is 44.2 Å². The van der Waals surface area contributed by atoms with Gasteiger partial charge in [-0.2, -0.15) is 0 Å². The molecule has 1 aliphatic rings. The van der Waals surface area contributed by atoms with Crippen LogP contribution in [-0.4, -0.2) is 25.0 Å². The van der Waals surface area contributed by atoms with E-state index in [0.29, 0.717) is 35.0 Å². The lowest BCUT2D eigenvalue weighted by Gasteiger charge is -2.08. The molecule has 24 heavy (non-hydrogen) atoms. The maximum atomic E-state index is 12.5. The van der Waals surface area contributed by atoms with Crippen molar-refractivity contribution in [2.45, 2.75) is 13.8 Å². The number of fused-ring (bicyclic) bond motifs is 1. The zero-order chi connectivity index (χ0) is 17.1. The molecular formula is C18H16O6. The molecular weight excluding hydrogens is 312 g/mol. The van der Waals surface area contributed by atoms with Crippen LogP contribution in [0, 0.1) is 6.92 Å². The third kappa shape index (κ3) is 3.17. The van der Waals surface area contributed by atoms with Gasteiger partial charge in [-0.1, -0.05) is 0 Å². The van der Waals surface area contributed by atoms with Gasteiger partial charge in [-0.05, 0) is 37.6 Å². The molecule has 0 unspecified atom stereocenters. The highest BCUT2D eigenvalue weighted by Gasteiger charge is 2.30. The van der Waals surface area contributed by atoms with Crippen molar-refractivity contribution >= 4 is 17.8 Å². The molecule has 0 amide bonds. The Morgan fingerprint density at radius 3 is 2.88 bits per heavy atom. The van der Waals surface area contributed by atoms with Crippen molar-refractivity contribution in [2.75, 3.05) is 13.2 Å². The van der Waals surface area contributed by atoms with Gasteiger partial charge >= 0.3 is 5.97 Å². The lowest BCUT2D eigenvalue weighted by Crippen LogP contribution is -2.14. The van der Waals surface area contributed by atoms with Gasteiger partial charge in [-0.25, -0.2) is 4.79 Å². The highest BCUT2D eigenvalue weighted by Crippen LogP contribution is 2.37. The first kappa shape index (κ1) is 15.9. The van der Waals surface area contributed by atoms with Gasteiger partial charge in [0.05, 0.1) is 18.4 Å². The Morgan fingerprint density at radius 1 is 1.33 bits per heavy atom. The predicted octanol–water partition coefficient (Wildman–Crippen LogP) is 3.15. The van der Waals surface area contributed by atoms with E-state index in [2.05, 4.69) is 0 Å². The fourth-order valence-electron chi connectivity index (χ4n) is 2.41. The smallest absolute Gasteiger partial charge is 0.344 e. The quantitative estimate of drug-likeness (QED) is 0.620. The minimum Gasteiger partial charge on any atom is -0.482 e. The Labute approximate surface area is 138 Å². The van der Waals surface area contributed by atoms with Crippen LogP contribution in [0.3, 0.4) is 0 Å². The Hall–Kier alpha value is -3.02. The number of furan rings is 1. The molecule has 2 heterocycles. The number of ketones is 1. The summed E-state index contributed by atoms with van der Waals surface area (Å²) in [5, 5.41) is 0. The van der Waals surface area contributed by atoms with Crippen LogP contribution < -0.4 is 9.47 Å². The van der Waals surface area contributed by atoms with Gasteiger partial charge in [0, 0.05) is 12.1 Å². The van der Waals surface area contributed by atoms with Crippen molar-refractivity contribution in [1.29, 1.82) is 0 Å². The van der Waals surface area contributed by atoms with E-state index in [1.807, 2.05) is 0 Å². The monoisotopic (exact) mass is 328 g/mol. The lowest BCUT2D eigenvalue weighted by molar-refractivity contribution is -0.145. The summed E-state index contributed by atoms with van der Waals surface area (Å²) in [5.74, 6) is 0.887. The molecule has 6 nitrogen and oxygen atoms in total. The summed E-state index contributed by atoms with van der Waals surface area (Å²) in [7, 11) is 0. The predicted molar refractivity (Wildman–Crippen MR) is 85.0 cm³/mol. The molecule has 6 heteroatoms. The third-order valence-electron chi connectivity index (χ3n) is 3.42. The molecule has 0 radical (unpaired) electrons. The zero-order valence-electron chi connectivity index (χ0n) is 13.3. The highest BCUT2D eigenvalue weighted by molar-refractivity contribution is 6.15. The number of Topliss-reactive ketones (excluding diaryl/α,β-unsaturated/α-hetero) is 1. The van der Waals surface area contributed by atoms with Crippen LogP contribution >= 0.6 is 0 Å². The standard InChI is InChI=1S/C18H16O6/c1-3-21-16(19)10-23-13-7-11(2)17-14(9-13)24-15(18(17)20)8-12-5-4-6-22-12/h4-9H,3,10H2,1-2H3/b15-8-. The molecule has 3 rings (SSSR count). The van der Waals surface area contributed by atoms with Gasteiger partial charge in [0.25, 0.3) is 0 Å². The van der Waals surface area contributed by atoms with Crippen molar-refractivity contribution < 1.29 is 28.2 Å². The van der Waals surface area contributed by atoms with Gasteiger partial charge in [0.15, 0.2) is 12.4 Å². The maximum absolute atomic E-state index is 12.5. The van der Waals surface area contributed by atoms with Gasteiger partial charge < -0.3 is 18.6 Å². The van der Waals surface area contributed by atoms with Crippen LogP contribution in [0.25, 0.3) is 6.08 Å². The van der Waals surface area contributed by atoms with E-state index < -0.39 is 5.97 Å². The SMILES string of the molecule is CCOC(=O)COc1cc(C)c2c(c1)O/C(=C\c1ccco1)C2=O. The number of benzene rings is 1. The number of rotatable bonds is 5. The largest absolute Gasteiger partial charge is 0.482 e. The molecule has 0 saturated carbocycles. The van der Waals surface area contributed by atoms with Crippen molar-refractivity contribution in [1.82, 2.24) is 0 Å². The molecule has 0 N–H and O–H groups in total. The van der Waals surface area contributed by atoms with Gasteiger partial charge in [0.2, 0.25) is 5.78 Å². The summed E-state index contributed by atoms with van der Waals surface area (Å²) in [6.07, 6.45) is 3.06. The number of hydrogen-bond donors (Lipinski definition) is 0. The summed E-state index contributed by atoms with van der Waals surface area (Å²) in [5.41, 5.74) is 1.19. The lowest BCUT2D eigenvalue weighted by atomic mass is 10.0. The van der Waals surface area contributed by atoms with Gasteiger partial charge in [-0.15, -0.1) is 0 Å². The first-order valence-corrected chi connectivity index (χ1v) is 7.49. The van der Waals surface area contributed by atoms with E-state index in [0.717, 1.165) is 0 Å². The Kier molecular flexibility index (Phi) is 4.37. The van der Waals surface area contributed by atoms with Crippen LogP contribution in [0.15, 0.2) is 40.7 Å². The Morgan fingerprint density at radius 2 is 2.17 bits per heavy atom. The fraction of sp³-hybridized carbons (Fsp3) is 0.222. The minimum absolute atomic E-state index is 0.186. The average Bonchev–Trinajstić information content (AvgIpc) is 3.15. The number of carbonyl (C=O) groups excluding carboxylic acids is 2. The van der Waals surface area contributed by atoms with E-state index in [9.17, 15) is 9.59 Å². The second-order valence-corrected chi connectivity index (χ2v) is 5.16. The number of ether oxygens (including phenoxy) is 3. The van der Waals surface area contributed by atoms with Crippen molar-refractivity contribution in [3.05, 3.63) is 53.2 Å². The number of allylic oxidation sites excluding steroid dienone is 1. The van der Waals surface area contributed by atoms with E-state index in [1.165, 1.54) is 6.26 Å². The van der Waals surface area contributed by atoms with Crippen molar-refractivity contribution in [3.8, 4) is 11.5 Å². The molecule has 0 fully saturated rings. The molecule has 124 valence electrons. The first-order chi connectivity index (χ1) is 11.6. The molecule has 1 aliphatic heterocycles. The summed E-state index contributed by atoms with van der Waals surface area (Å²) >= 11 is 0. The molecule has 0 atom stereocenters. The van der Waals surface area contributed by atoms with Gasteiger partial charge in [0.1, 0.15) is 17.3 Å². The number of aryl methyl sites for hydroxylation is 1. The van der Waals surface area contributed by atoms with Crippen LogP contribution in [-0.2, 0) is 9.53 Å². The molecule has 0 spiro atoms. The van der Waals surface area contributed by atoms with E-state index in [4.69, 9.17) is 18.6 Å². The number of carbonyl (C=O) groups is 2. The van der Waals surface area contributed by atoms with Crippen LogP contribution in [0.1, 0.15) is 28.6 Å². The Balaban J connectivity index is 1.81. The molecule has 1 aromatic heterocycles. The summed E-state index contributed by atoms with van der Waals surface area (Å²) in [6.45, 7) is 3.61. The first-order valence-electron chi connectivity index (χ1n) is 7.49. The molecule has 0 aliphatic carbocycles. The molecule has 0 bridgehead atoms. The minimum atomic E-state index is -0.453. The maximum Gasteiger partial charge on any atom is 0.344 e. The summed E-state index contributed by atoms with van der Waals surface area (Å²) in [4.78, 5) is 23.8. The van der Waals surface area contributed by atoms with Gasteiger partial charge in [-0.3, -0.25) is 4.79 Å². The normalized spacial score (nSPS) is 14.4. The summed E-state index contributed by atoms with van der Waals surface area (Å²) in [6, 6.07) is 6.73. The molecule has 0 saturated heterocycles. The number of esters is 1. The zero-order valence-corrected chi connectivity index (χ0v) is 13.3. The van der Waals surface area contributed by atoms with Crippen molar-refractivity contribution in [3.63, 3.8) is 0 Å². The second-order valence-electron chi connectivity index (χ2n) is 5.16. The van der Waals surface area contributed by atoms with Crippen LogP contribution in [0.4, 0.5) is 0 Å². The van der Waals surface area contributed by atoms with Crippen LogP contribution in [0.2, 0.25) is 0 Å². The van der Waals surface area contributed by atoms with Crippen LogP contribution in [0.5, 0.6) is 11.5 Å². The van der Waals surface area contributed by atoms with Crippen molar-refractivity contribution in [2.24, 2.45) is 0 Å².